The van der Waals surface area contributed by atoms with Crippen molar-refractivity contribution in [2.24, 2.45) is 0 Å². The molecule has 0 radical (unpaired) electrons. The number of hydrogen-bond acceptors (Lipinski definition) is 3. The topological polar surface area (TPSA) is 24.9 Å². The van der Waals surface area contributed by atoms with Crippen LogP contribution in [0.5, 0.6) is 0 Å². The Kier molecular flexibility index (Phi) is 3.81. The fourth-order valence-corrected chi connectivity index (χ4v) is 2.40. The number of nitrogens with zero attached hydrogens (tertiary/aromatic N) is 1. The van der Waals surface area contributed by atoms with E-state index in [0.717, 1.165) is 10.9 Å². The number of rotatable bonds is 4. The van der Waals surface area contributed by atoms with Crippen LogP contribution >= 0.6 is 11.3 Å². The highest BCUT2D eigenvalue weighted by molar-refractivity contribution is 7.09. The highest BCUT2D eigenvalue weighted by Crippen LogP contribution is 2.23. The first-order valence-electron chi connectivity index (χ1n) is 5.21. The SMILES string of the molecule is CNC(Cc1cccc(F)c1F)c1cncs1. The Morgan fingerprint density at radius 2 is 2.24 bits per heavy atom. The number of nitrogens with one attached hydrogen (secondary N) is 1. The molecule has 0 saturated heterocycles. The second-order valence-electron chi connectivity index (χ2n) is 3.66. The molecular formula is C12H12F2N2S. The number of halogens is 2. The van der Waals surface area contributed by atoms with Gasteiger partial charge < -0.3 is 5.32 Å². The molecule has 0 aliphatic rings. The van der Waals surface area contributed by atoms with Crippen molar-refractivity contribution in [1.82, 2.24) is 10.3 Å². The van der Waals surface area contributed by atoms with Crippen LogP contribution in [0, 0.1) is 11.6 Å². The van der Waals surface area contributed by atoms with Gasteiger partial charge in [-0.15, -0.1) is 11.3 Å². The summed E-state index contributed by atoms with van der Waals surface area (Å²) in [6, 6.07) is 4.20. The molecule has 0 spiro atoms. The van der Waals surface area contributed by atoms with Gasteiger partial charge in [0.15, 0.2) is 11.6 Å². The highest BCUT2D eigenvalue weighted by Gasteiger charge is 2.15. The predicted molar refractivity (Wildman–Crippen MR) is 64.0 cm³/mol. The number of thiazole rings is 1. The Bertz CT molecular complexity index is 485. The Morgan fingerprint density at radius 3 is 2.88 bits per heavy atom. The van der Waals surface area contributed by atoms with Crippen LogP contribution in [-0.4, -0.2) is 12.0 Å². The first-order valence-corrected chi connectivity index (χ1v) is 6.09. The molecule has 1 aromatic heterocycles. The summed E-state index contributed by atoms with van der Waals surface area (Å²) in [5.74, 6) is -1.57. The van der Waals surface area contributed by atoms with Crippen molar-refractivity contribution in [3.63, 3.8) is 0 Å². The van der Waals surface area contributed by atoms with Crippen LogP contribution < -0.4 is 5.32 Å². The van der Waals surface area contributed by atoms with Gasteiger partial charge >= 0.3 is 0 Å². The van der Waals surface area contributed by atoms with E-state index < -0.39 is 11.6 Å². The summed E-state index contributed by atoms with van der Waals surface area (Å²) < 4.78 is 26.6. The molecule has 1 N–H and O–H groups in total. The molecule has 0 bridgehead atoms. The summed E-state index contributed by atoms with van der Waals surface area (Å²) >= 11 is 1.50. The molecule has 0 saturated carbocycles. The van der Waals surface area contributed by atoms with Gasteiger partial charge in [-0.2, -0.15) is 0 Å². The average molecular weight is 254 g/mol. The molecule has 17 heavy (non-hydrogen) atoms. The Hall–Kier alpha value is -1.33. The molecule has 90 valence electrons. The van der Waals surface area contributed by atoms with Gasteiger partial charge in [0.1, 0.15) is 0 Å². The lowest BCUT2D eigenvalue weighted by atomic mass is 10.0. The van der Waals surface area contributed by atoms with Crippen molar-refractivity contribution < 1.29 is 8.78 Å². The molecule has 0 aliphatic carbocycles. The molecule has 0 aliphatic heterocycles. The third-order valence-electron chi connectivity index (χ3n) is 2.60. The molecule has 1 heterocycles. The molecule has 2 rings (SSSR count). The van der Waals surface area contributed by atoms with Crippen LogP contribution in [0.3, 0.4) is 0 Å². The second kappa shape index (κ2) is 5.33. The van der Waals surface area contributed by atoms with Crippen LogP contribution in [-0.2, 0) is 6.42 Å². The molecule has 2 nitrogen and oxygen atoms in total. The van der Waals surface area contributed by atoms with Crippen LogP contribution in [0.4, 0.5) is 8.78 Å². The summed E-state index contributed by atoms with van der Waals surface area (Å²) in [4.78, 5) is 4.99. The Labute approximate surface area is 102 Å². The van der Waals surface area contributed by atoms with Crippen LogP contribution in [0.25, 0.3) is 0 Å². The maximum atomic E-state index is 13.5. The summed E-state index contributed by atoms with van der Waals surface area (Å²) in [7, 11) is 1.79. The summed E-state index contributed by atoms with van der Waals surface area (Å²) in [6.07, 6.45) is 2.14. The molecule has 1 atom stereocenters. The standard InChI is InChI=1S/C12H12F2N2S/c1-15-10(11-6-16-7-17-11)5-8-3-2-4-9(13)12(8)14/h2-4,6-7,10,15H,5H2,1H3. The molecule has 5 heteroatoms. The monoisotopic (exact) mass is 254 g/mol. The maximum Gasteiger partial charge on any atom is 0.162 e. The molecule has 1 unspecified atom stereocenters. The number of likely N-dealkylation sites (N-methyl/N-ethyl adjacent to an activating group) is 1. The van der Waals surface area contributed by atoms with Crippen molar-refractivity contribution in [2.45, 2.75) is 12.5 Å². The molecule has 0 fully saturated rings. The van der Waals surface area contributed by atoms with E-state index in [9.17, 15) is 8.78 Å². The van der Waals surface area contributed by atoms with E-state index in [1.54, 1.807) is 24.8 Å². The molecule has 2 aromatic rings. The van der Waals surface area contributed by atoms with Gasteiger partial charge in [0.2, 0.25) is 0 Å². The minimum Gasteiger partial charge on any atom is -0.312 e. The van der Waals surface area contributed by atoms with E-state index in [1.165, 1.54) is 17.4 Å². The Morgan fingerprint density at radius 1 is 1.41 bits per heavy atom. The van der Waals surface area contributed by atoms with Gasteiger partial charge in [0.25, 0.3) is 0 Å². The lowest BCUT2D eigenvalue weighted by molar-refractivity contribution is 0.488. The van der Waals surface area contributed by atoms with Crippen molar-refractivity contribution in [3.05, 3.63) is 52.0 Å². The molecular weight excluding hydrogens is 242 g/mol. The van der Waals surface area contributed by atoms with E-state index in [-0.39, 0.29) is 6.04 Å². The predicted octanol–water partition coefficient (Wildman–Crippen LogP) is 2.92. The zero-order valence-corrected chi connectivity index (χ0v) is 10.1. The largest absolute Gasteiger partial charge is 0.312 e. The van der Waals surface area contributed by atoms with E-state index in [0.29, 0.717) is 12.0 Å². The number of aromatic nitrogens is 1. The van der Waals surface area contributed by atoms with Crippen LogP contribution in [0.1, 0.15) is 16.5 Å². The van der Waals surface area contributed by atoms with Gasteiger partial charge in [0, 0.05) is 17.1 Å². The quantitative estimate of drug-likeness (QED) is 0.907. The van der Waals surface area contributed by atoms with E-state index in [2.05, 4.69) is 10.3 Å². The molecule has 1 aromatic carbocycles. The van der Waals surface area contributed by atoms with E-state index in [4.69, 9.17) is 0 Å². The van der Waals surface area contributed by atoms with Gasteiger partial charge in [0.05, 0.1) is 5.51 Å². The number of benzene rings is 1. The van der Waals surface area contributed by atoms with Crippen LogP contribution in [0.2, 0.25) is 0 Å². The van der Waals surface area contributed by atoms with Crippen molar-refractivity contribution in [1.29, 1.82) is 0 Å². The van der Waals surface area contributed by atoms with Crippen molar-refractivity contribution in [3.8, 4) is 0 Å². The van der Waals surface area contributed by atoms with E-state index >= 15 is 0 Å². The zero-order valence-electron chi connectivity index (χ0n) is 9.28. The summed E-state index contributed by atoms with van der Waals surface area (Å²) in [5, 5.41) is 3.08. The van der Waals surface area contributed by atoms with Crippen LogP contribution in [0.15, 0.2) is 29.9 Å². The molecule has 0 amide bonds. The third kappa shape index (κ3) is 2.68. The van der Waals surface area contributed by atoms with Crippen molar-refractivity contribution >= 4 is 11.3 Å². The minimum atomic E-state index is -0.804. The first-order chi connectivity index (χ1) is 8.22. The van der Waals surface area contributed by atoms with Gasteiger partial charge in [-0.25, -0.2) is 8.78 Å². The van der Waals surface area contributed by atoms with Gasteiger partial charge in [-0.3, -0.25) is 4.98 Å². The second-order valence-corrected chi connectivity index (χ2v) is 4.58. The Balaban J connectivity index is 2.22. The summed E-state index contributed by atoms with van der Waals surface area (Å²) in [6.45, 7) is 0. The lowest BCUT2D eigenvalue weighted by Gasteiger charge is -2.14. The fourth-order valence-electron chi connectivity index (χ4n) is 1.67. The minimum absolute atomic E-state index is 0.0428. The van der Waals surface area contributed by atoms with E-state index in [1.807, 2.05) is 0 Å². The highest BCUT2D eigenvalue weighted by atomic mass is 32.1. The van der Waals surface area contributed by atoms with Crippen molar-refractivity contribution in [2.75, 3.05) is 7.05 Å². The normalized spacial score (nSPS) is 12.6. The third-order valence-corrected chi connectivity index (χ3v) is 3.49. The first kappa shape index (κ1) is 12.1. The van der Waals surface area contributed by atoms with Gasteiger partial charge in [-0.1, -0.05) is 12.1 Å². The smallest absolute Gasteiger partial charge is 0.162 e. The fraction of sp³-hybridized carbons (Fsp3) is 0.250. The lowest BCUT2D eigenvalue weighted by Crippen LogP contribution is -2.18. The zero-order chi connectivity index (χ0) is 12.3. The average Bonchev–Trinajstić information content (AvgIpc) is 2.85. The maximum absolute atomic E-state index is 13.5. The number of hydrogen-bond donors (Lipinski definition) is 1. The summed E-state index contributed by atoms with van der Waals surface area (Å²) in [5.41, 5.74) is 2.10. The van der Waals surface area contributed by atoms with Gasteiger partial charge in [-0.05, 0) is 25.1 Å².